The van der Waals surface area contributed by atoms with Crippen LogP contribution in [-0.4, -0.2) is 25.2 Å². The van der Waals surface area contributed by atoms with Crippen LogP contribution in [0.5, 0.6) is 0 Å². The zero-order valence-corrected chi connectivity index (χ0v) is 10.6. The number of rotatable bonds is 5. The summed E-state index contributed by atoms with van der Waals surface area (Å²) in [6, 6.07) is 4.03. The van der Waals surface area contributed by atoms with Gasteiger partial charge in [0, 0.05) is 10.9 Å². The second-order valence-electron chi connectivity index (χ2n) is 3.56. The molecule has 1 aromatic carbocycles. The molecule has 100 valence electrons. The van der Waals surface area contributed by atoms with Gasteiger partial charge in [-0.05, 0) is 23.8 Å². The van der Waals surface area contributed by atoms with E-state index in [9.17, 15) is 22.4 Å². The van der Waals surface area contributed by atoms with E-state index in [0.717, 1.165) is 0 Å². The highest BCUT2D eigenvalue weighted by atomic mass is 79.9. The van der Waals surface area contributed by atoms with Gasteiger partial charge in [-0.1, -0.05) is 15.9 Å². The molecule has 2 nitrogen and oxygen atoms in total. The number of carbonyl (C=O) groups is 1. The molecule has 7 heteroatoms. The van der Waals surface area contributed by atoms with Crippen LogP contribution >= 0.6 is 15.9 Å². The molecule has 0 aliphatic carbocycles. The molecular weight excluding hydrogens is 320 g/mol. The van der Waals surface area contributed by atoms with Crippen molar-refractivity contribution in [2.75, 3.05) is 13.2 Å². The maximum atomic E-state index is 13.2. The zero-order chi connectivity index (χ0) is 13.8. The lowest BCUT2D eigenvalue weighted by atomic mass is 10.1. The van der Waals surface area contributed by atoms with Crippen molar-refractivity contribution >= 4 is 21.7 Å². The van der Waals surface area contributed by atoms with E-state index in [1.165, 1.54) is 18.2 Å². The third-order valence-corrected chi connectivity index (χ3v) is 2.42. The van der Waals surface area contributed by atoms with Crippen molar-refractivity contribution in [2.24, 2.45) is 0 Å². The topological polar surface area (TPSA) is 26.3 Å². The minimum absolute atomic E-state index is 0.116. The fourth-order valence-corrected chi connectivity index (χ4v) is 1.63. The number of hydrogen-bond acceptors (Lipinski definition) is 2. The van der Waals surface area contributed by atoms with Gasteiger partial charge in [0.2, 0.25) is 0 Å². The molecule has 18 heavy (non-hydrogen) atoms. The first kappa shape index (κ1) is 15.1. The van der Waals surface area contributed by atoms with Crippen molar-refractivity contribution in [3.05, 3.63) is 34.1 Å². The Morgan fingerprint density at radius 1 is 1.33 bits per heavy atom. The molecular formula is C11H9BrF4O2. The molecule has 0 radical (unpaired) electrons. The van der Waals surface area contributed by atoms with E-state index in [4.69, 9.17) is 0 Å². The molecule has 0 fully saturated rings. The number of alkyl halides is 3. The second kappa shape index (κ2) is 6.29. The second-order valence-corrected chi connectivity index (χ2v) is 4.47. The number of benzene rings is 1. The van der Waals surface area contributed by atoms with Crippen LogP contribution in [0.4, 0.5) is 17.6 Å². The Kier molecular flexibility index (Phi) is 5.28. The van der Waals surface area contributed by atoms with Crippen molar-refractivity contribution < 1.29 is 27.1 Å². The normalized spacial score (nSPS) is 11.6. The zero-order valence-electron chi connectivity index (χ0n) is 9.06. The number of carbonyl (C=O) groups excluding carboxylic acids is 1. The standard InChI is InChI=1S/C11H9BrF4O2/c12-8-1-2-10(13)7(3-8)4-9(17)5-18-6-11(14,15)16/h1-3H,4-6H2. The number of hydrogen-bond donors (Lipinski definition) is 0. The van der Waals surface area contributed by atoms with E-state index < -0.39 is 31.0 Å². The molecule has 0 aliphatic rings. The highest BCUT2D eigenvalue weighted by molar-refractivity contribution is 9.10. The summed E-state index contributed by atoms with van der Waals surface area (Å²) in [5.74, 6) is -1.20. The average molecular weight is 329 g/mol. The van der Waals surface area contributed by atoms with Gasteiger partial charge in [-0.15, -0.1) is 0 Å². The third-order valence-electron chi connectivity index (χ3n) is 1.92. The van der Waals surface area contributed by atoms with Gasteiger partial charge in [-0.25, -0.2) is 4.39 Å². The summed E-state index contributed by atoms with van der Waals surface area (Å²) in [6.07, 6.45) is -4.77. The van der Waals surface area contributed by atoms with Crippen molar-refractivity contribution in [3.8, 4) is 0 Å². The lowest BCUT2D eigenvalue weighted by Crippen LogP contribution is -2.21. The van der Waals surface area contributed by atoms with Gasteiger partial charge >= 0.3 is 6.18 Å². The van der Waals surface area contributed by atoms with Crippen LogP contribution in [0.15, 0.2) is 22.7 Å². The first-order valence-electron chi connectivity index (χ1n) is 4.88. The van der Waals surface area contributed by atoms with Crippen LogP contribution in [-0.2, 0) is 16.0 Å². The summed E-state index contributed by atoms with van der Waals surface area (Å²) in [6.45, 7) is -2.18. The highest BCUT2D eigenvalue weighted by Gasteiger charge is 2.27. The van der Waals surface area contributed by atoms with E-state index in [1.807, 2.05) is 0 Å². The highest BCUT2D eigenvalue weighted by Crippen LogP contribution is 2.17. The van der Waals surface area contributed by atoms with Gasteiger partial charge in [0.25, 0.3) is 0 Å². The average Bonchev–Trinajstić information content (AvgIpc) is 2.21. The van der Waals surface area contributed by atoms with Crippen molar-refractivity contribution in [1.82, 2.24) is 0 Å². The number of ketones is 1. The maximum Gasteiger partial charge on any atom is 0.411 e. The fourth-order valence-electron chi connectivity index (χ4n) is 1.22. The van der Waals surface area contributed by atoms with Crippen LogP contribution in [0, 0.1) is 5.82 Å². The molecule has 0 aliphatic heterocycles. The molecule has 0 spiro atoms. The maximum absolute atomic E-state index is 13.2. The van der Waals surface area contributed by atoms with E-state index in [2.05, 4.69) is 20.7 Å². The summed E-state index contributed by atoms with van der Waals surface area (Å²) in [4.78, 5) is 11.3. The molecule has 0 saturated carbocycles. The van der Waals surface area contributed by atoms with Crippen LogP contribution < -0.4 is 0 Å². The summed E-state index contributed by atoms with van der Waals surface area (Å²) in [7, 11) is 0. The third kappa shape index (κ3) is 5.59. The van der Waals surface area contributed by atoms with Gasteiger partial charge < -0.3 is 4.74 Å². The Balaban J connectivity index is 2.47. The van der Waals surface area contributed by atoms with Crippen LogP contribution in [0.25, 0.3) is 0 Å². The van der Waals surface area contributed by atoms with Gasteiger partial charge in [0.15, 0.2) is 5.78 Å². The van der Waals surface area contributed by atoms with Crippen LogP contribution in [0.2, 0.25) is 0 Å². The van der Waals surface area contributed by atoms with Crippen molar-refractivity contribution in [3.63, 3.8) is 0 Å². The molecule has 0 N–H and O–H groups in total. The van der Waals surface area contributed by atoms with E-state index in [0.29, 0.717) is 4.47 Å². The molecule has 0 atom stereocenters. The Labute approximate surface area is 109 Å². The van der Waals surface area contributed by atoms with E-state index >= 15 is 0 Å². The molecule has 0 heterocycles. The number of ether oxygens (including phenoxy) is 1. The molecule has 0 bridgehead atoms. The lowest BCUT2D eigenvalue weighted by molar-refractivity contribution is -0.175. The SMILES string of the molecule is O=C(COCC(F)(F)F)Cc1cc(Br)ccc1F. The Hall–Kier alpha value is -0.950. The smallest absolute Gasteiger partial charge is 0.364 e. The molecule has 0 saturated heterocycles. The number of halogens is 5. The fraction of sp³-hybridized carbons (Fsp3) is 0.364. The Morgan fingerprint density at radius 3 is 2.61 bits per heavy atom. The predicted octanol–water partition coefficient (Wildman–Crippen LogP) is 3.28. The van der Waals surface area contributed by atoms with Gasteiger partial charge in [-0.3, -0.25) is 4.79 Å². The summed E-state index contributed by atoms with van der Waals surface area (Å²) in [5, 5.41) is 0. The minimum atomic E-state index is -4.47. The van der Waals surface area contributed by atoms with Crippen LogP contribution in [0.3, 0.4) is 0 Å². The van der Waals surface area contributed by atoms with Gasteiger partial charge in [-0.2, -0.15) is 13.2 Å². The van der Waals surface area contributed by atoms with Gasteiger partial charge in [0.05, 0.1) is 0 Å². The van der Waals surface area contributed by atoms with Crippen molar-refractivity contribution in [2.45, 2.75) is 12.6 Å². The monoisotopic (exact) mass is 328 g/mol. The molecule has 0 aromatic heterocycles. The Morgan fingerprint density at radius 2 is 2.00 bits per heavy atom. The van der Waals surface area contributed by atoms with E-state index in [-0.39, 0.29) is 12.0 Å². The van der Waals surface area contributed by atoms with Crippen LogP contribution in [0.1, 0.15) is 5.56 Å². The first-order valence-corrected chi connectivity index (χ1v) is 5.67. The summed E-state index contributed by atoms with van der Waals surface area (Å²) < 4.78 is 53.3. The van der Waals surface area contributed by atoms with Crippen molar-refractivity contribution in [1.29, 1.82) is 0 Å². The molecule has 0 unspecified atom stereocenters. The summed E-state index contributed by atoms with van der Waals surface area (Å²) >= 11 is 3.11. The lowest BCUT2D eigenvalue weighted by Gasteiger charge is -2.07. The first-order chi connectivity index (χ1) is 8.28. The molecule has 1 rings (SSSR count). The van der Waals surface area contributed by atoms with Gasteiger partial charge in [0.1, 0.15) is 19.0 Å². The largest absolute Gasteiger partial charge is 0.411 e. The Bertz CT molecular complexity index is 432. The minimum Gasteiger partial charge on any atom is -0.364 e. The molecule has 1 aromatic rings. The summed E-state index contributed by atoms with van der Waals surface area (Å²) in [5.41, 5.74) is 0.116. The number of Topliss-reactive ketones (excluding diaryl/α,β-unsaturated/α-hetero) is 1. The quantitative estimate of drug-likeness (QED) is 0.775. The van der Waals surface area contributed by atoms with E-state index in [1.54, 1.807) is 0 Å². The predicted molar refractivity (Wildman–Crippen MR) is 59.7 cm³/mol. The molecule has 0 amide bonds.